The Labute approximate surface area is 146 Å². The van der Waals surface area contributed by atoms with Gasteiger partial charge in [-0.15, -0.1) is 0 Å². The second-order valence-electron chi connectivity index (χ2n) is 5.46. The molecule has 4 nitrogen and oxygen atoms in total. The second kappa shape index (κ2) is 7.62. The largest absolute Gasteiger partial charge is 0.466 e. The highest BCUT2D eigenvalue weighted by molar-refractivity contribution is 7.80. The number of nitrogens with one attached hydrogen (secondary N) is 2. The first-order chi connectivity index (χ1) is 10.9. The molecule has 23 heavy (non-hydrogen) atoms. The number of methoxy groups -OCH3 is 1. The number of esters is 1. The molecule has 0 radical (unpaired) electrons. The van der Waals surface area contributed by atoms with E-state index in [1.54, 1.807) is 0 Å². The van der Waals surface area contributed by atoms with Crippen molar-refractivity contribution in [2.45, 2.75) is 19.9 Å². The lowest BCUT2D eigenvalue weighted by atomic mass is 9.95. The molecule has 122 valence electrons. The van der Waals surface area contributed by atoms with Crippen molar-refractivity contribution in [3.8, 4) is 0 Å². The number of allylic oxidation sites excluding steroid dienone is 1. The standard InChI is InChI=1S/C17H19ClN2O2S/c1-10(2)15-14(16(21)22-3)13(19-17(23)20-15)9-6-11-4-7-12(18)8-5-11/h4-10,13H,1-3H3,(H2,19,20,23)/b9-6+/t13-/m0/s1. The van der Waals surface area contributed by atoms with Crippen LogP contribution in [0.1, 0.15) is 19.4 Å². The fraction of sp³-hybridized carbons (Fsp3) is 0.294. The van der Waals surface area contributed by atoms with Gasteiger partial charge in [0, 0.05) is 10.7 Å². The fourth-order valence-electron chi connectivity index (χ4n) is 2.33. The number of thiocarbonyl (C=S) groups is 1. The summed E-state index contributed by atoms with van der Waals surface area (Å²) < 4.78 is 4.93. The van der Waals surface area contributed by atoms with E-state index in [1.807, 2.05) is 50.3 Å². The minimum absolute atomic E-state index is 0.121. The Bertz CT molecular complexity index is 666. The molecule has 0 aliphatic carbocycles. The summed E-state index contributed by atoms with van der Waals surface area (Å²) in [5, 5.41) is 7.34. The zero-order chi connectivity index (χ0) is 17.0. The molecule has 1 heterocycles. The Balaban J connectivity index is 2.36. The molecule has 1 aromatic carbocycles. The molecule has 2 N–H and O–H groups in total. The van der Waals surface area contributed by atoms with Crippen LogP contribution in [0.2, 0.25) is 5.02 Å². The van der Waals surface area contributed by atoms with Crippen LogP contribution in [-0.2, 0) is 9.53 Å². The Hall–Kier alpha value is -1.85. The van der Waals surface area contributed by atoms with Crippen LogP contribution >= 0.6 is 23.8 Å². The molecule has 1 atom stereocenters. The maximum Gasteiger partial charge on any atom is 0.337 e. The van der Waals surface area contributed by atoms with E-state index < -0.39 is 0 Å². The maximum atomic E-state index is 12.2. The van der Waals surface area contributed by atoms with Crippen molar-refractivity contribution in [1.82, 2.24) is 10.6 Å². The molecule has 0 fully saturated rings. The summed E-state index contributed by atoms with van der Waals surface area (Å²) in [6.45, 7) is 4.00. The summed E-state index contributed by atoms with van der Waals surface area (Å²) in [5.74, 6) is -0.252. The predicted molar refractivity (Wildman–Crippen MR) is 97.0 cm³/mol. The molecule has 0 amide bonds. The molecule has 1 aliphatic heterocycles. The maximum absolute atomic E-state index is 12.2. The number of halogens is 1. The van der Waals surface area contributed by atoms with Gasteiger partial charge in [0.25, 0.3) is 0 Å². The summed E-state index contributed by atoms with van der Waals surface area (Å²) in [7, 11) is 1.38. The van der Waals surface area contributed by atoms with Crippen LogP contribution in [0, 0.1) is 5.92 Å². The van der Waals surface area contributed by atoms with E-state index in [9.17, 15) is 4.79 Å². The second-order valence-corrected chi connectivity index (χ2v) is 6.31. The predicted octanol–water partition coefficient (Wildman–Crippen LogP) is 3.28. The Morgan fingerprint density at radius 2 is 2.00 bits per heavy atom. The van der Waals surface area contributed by atoms with Crippen molar-refractivity contribution >= 4 is 41.0 Å². The number of benzene rings is 1. The molecule has 0 bridgehead atoms. The molecular weight excluding hydrogens is 332 g/mol. The van der Waals surface area contributed by atoms with E-state index >= 15 is 0 Å². The van der Waals surface area contributed by atoms with Crippen LogP contribution in [0.3, 0.4) is 0 Å². The summed E-state index contributed by atoms with van der Waals surface area (Å²) in [5.41, 5.74) is 2.31. The van der Waals surface area contributed by atoms with E-state index in [0.29, 0.717) is 15.7 Å². The summed E-state index contributed by atoms with van der Waals surface area (Å²) in [6, 6.07) is 7.10. The lowest BCUT2D eigenvalue weighted by molar-refractivity contribution is -0.136. The van der Waals surface area contributed by atoms with Crippen molar-refractivity contribution < 1.29 is 9.53 Å². The Morgan fingerprint density at radius 1 is 1.35 bits per heavy atom. The van der Waals surface area contributed by atoms with Crippen LogP contribution in [0.15, 0.2) is 41.6 Å². The first-order valence-corrected chi connectivity index (χ1v) is 8.04. The van der Waals surface area contributed by atoms with E-state index in [-0.39, 0.29) is 17.9 Å². The number of hydrogen-bond donors (Lipinski definition) is 2. The molecule has 0 saturated carbocycles. The van der Waals surface area contributed by atoms with Gasteiger partial charge in [-0.1, -0.05) is 49.7 Å². The van der Waals surface area contributed by atoms with E-state index in [0.717, 1.165) is 11.3 Å². The highest BCUT2D eigenvalue weighted by atomic mass is 35.5. The van der Waals surface area contributed by atoms with Gasteiger partial charge in [-0.2, -0.15) is 0 Å². The SMILES string of the molecule is COC(=O)C1=C(C(C)C)NC(=S)N[C@H]1/C=C/c1ccc(Cl)cc1. The minimum Gasteiger partial charge on any atom is -0.466 e. The Kier molecular flexibility index (Phi) is 5.80. The molecule has 2 rings (SSSR count). The summed E-state index contributed by atoms with van der Waals surface area (Å²) >= 11 is 11.1. The highest BCUT2D eigenvalue weighted by Gasteiger charge is 2.30. The number of carbonyl (C=O) groups excluding carboxylic acids is 1. The van der Waals surface area contributed by atoms with Gasteiger partial charge >= 0.3 is 5.97 Å². The highest BCUT2D eigenvalue weighted by Crippen LogP contribution is 2.22. The molecule has 0 unspecified atom stereocenters. The van der Waals surface area contributed by atoms with E-state index in [2.05, 4.69) is 10.6 Å². The lowest BCUT2D eigenvalue weighted by Gasteiger charge is -2.30. The molecule has 1 aliphatic rings. The number of ether oxygens (including phenoxy) is 1. The zero-order valence-corrected chi connectivity index (χ0v) is 14.8. The summed E-state index contributed by atoms with van der Waals surface area (Å²) in [6.07, 6.45) is 3.81. The van der Waals surface area contributed by atoms with E-state index in [4.69, 9.17) is 28.6 Å². The van der Waals surface area contributed by atoms with Gasteiger partial charge in [0.2, 0.25) is 0 Å². The van der Waals surface area contributed by atoms with Crippen molar-refractivity contribution in [3.05, 3.63) is 52.2 Å². The van der Waals surface area contributed by atoms with Crippen LogP contribution in [0.25, 0.3) is 6.08 Å². The van der Waals surface area contributed by atoms with Gasteiger partial charge in [0.1, 0.15) is 0 Å². The van der Waals surface area contributed by atoms with Crippen LogP contribution in [-0.4, -0.2) is 24.2 Å². The van der Waals surface area contributed by atoms with Crippen molar-refractivity contribution in [1.29, 1.82) is 0 Å². The average Bonchev–Trinajstić information content (AvgIpc) is 2.53. The Morgan fingerprint density at radius 3 is 2.57 bits per heavy atom. The van der Waals surface area contributed by atoms with Gasteiger partial charge in [0.05, 0.1) is 18.7 Å². The van der Waals surface area contributed by atoms with Gasteiger partial charge in [-0.05, 0) is 35.8 Å². The first-order valence-electron chi connectivity index (χ1n) is 7.26. The van der Waals surface area contributed by atoms with Crippen molar-refractivity contribution in [2.24, 2.45) is 5.92 Å². The third-order valence-corrected chi connectivity index (χ3v) is 3.94. The normalized spacial score (nSPS) is 18.1. The third-order valence-electron chi connectivity index (χ3n) is 3.47. The van der Waals surface area contributed by atoms with Gasteiger partial charge < -0.3 is 15.4 Å². The van der Waals surface area contributed by atoms with Gasteiger partial charge in [-0.3, -0.25) is 0 Å². The lowest BCUT2D eigenvalue weighted by Crippen LogP contribution is -2.50. The van der Waals surface area contributed by atoms with Crippen LogP contribution < -0.4 is 10.6 Å². The topological polar surface area (TPSA) is 50.4 Å². The molecule has 1 aromatic rings. The average molecular weight is 351 g/mol. The molecule has 0 saturated heterocycles. The van der Waals surface area contributed by atoms with Gasteiger partial charge in [-0.25, -0.2) is 4.79 Å². The fourth-order valence-corrected chi connectivity index (χ4v) is 2.70. The third kappa shape index (κ3) is 4.33. The molecule has 0 spiro atoms. The van der Waals surface area contributed by atoms with E-state index in [1.165, 1.54) is 7.11 Å². The number of rotatable bonds is 4. The number of carbonyl (C=O) groups is 1. The molecular formula is C17H19ClN2O2S. The summed E-state index contributed by atoms with van der Waals surface area (Å²) in [4.78, 5) is 12.2. The first kappa shape index (κ1) is 17.5. The van der Waals surface area contributed by atoms with Crippen molar-refractivity contribution in [2.75, 3.05) is 7.11 Å². The van der Waals surface area contributed by atoms with Crippen molar-refractivity contribution in [3.63, 3.8) is 0 Å². The van der Waals surface area contributed by atoms with Crippen LogP contribution in [0.5, 0.6) is 0 Å². The quantitative estimate of drug-likeness (QED) is 0.644. The smallest absolute Gasteiger partial charge is 0.337 e. The monoisotopic (exact) mass is 350 g/mol. The minimum atomic E-state index is -0.373. The zero-order valence-electron chi connectivity index (χ0n) is 13.2. The number of hydrogen-bond acceptors (Lipinski definition) is 3. The molecule has 6 heteroatoms. The molecule has 0 aromatic heterocycles. The van der Waals surface area contributed by atoms with Crippen LogP contribution in [0.4, 0.5) is 0 Å². The van der Waals surface area contributed by atoms with Gasteiger partial charge in [0.15, 0.2) is 5.11 Å².